The van der Waals surface area contributed by atoms with E-state index in [1.165, 1.54) is 6.20 Å². The summed E-state index contributed by atoms with van der Waals surface area (Å²) in [6.45, 7) is 1.20. The SMILES string of the molecule is CC(F)(F)C(=O)c1cn(CCc2ccccn2)c2ccccc12. The van der Waals surface area contributed by atoms with E-state index in [2.05, 4.69) is 4.98 Å². The molecule has 0 bridgehead atoms. The zero-order valence-electron chi connectivity index (χ0n) is 12.7. The lowest BCUT2D eigenvalue weighted by Crippen LogP contribution is -2.24. The maximum absolute atomic E-state index is 13.4. The van der Waals surface area contributed by atoms with Crippen molar-refractivity contribution in [3.8, 4) is 0 Å². The fourth-order valence-electron chi connectivity index (χ4n) is 2.63. The van der Waals surface area contributed by atoms with Gasteiger partial charge in [0.25, 0.3) is 0 Å². The second-order valence-electron chi connectivity index (χ2n) is 5.54. The Bertz CT molecular complexity index is 835. The number of aryl methyl sites for hydroxylation is 2. The average Bonchev–Trinajstić information content (AvgIpc) is 2.91. The van der Waals surface area contributed by atoms with Crippen molar-refractivity contribution in [2.45, 2.75) is 25.8 Å². The molecule has 118 valence electrons. The number of pyridine rings is 1. The van der Waals surface area contributed by atoms with Crippen LogP contribution in [-0.4, -0.2) is 21.3 Å². The molecular weight excluding hydrogens is 298 g/mol. The molecule has 0 aliphatic rings. The number of carbonyl (C=O) groups excluding carboxylic acids is 1. The predicted molar refractivity (Wildman–Crippen MR) is 84.8 cm³/mol. The van der Waals surface area contributed by atoms with Gasteiger partial charge in [0.05, 0.1) is 0 Å². The van der Waals surface area contributed by atoms with Gasteiger partial charge in [-0.15, -0.1) is 0 Å². The fourth-order valence-corrected chi connectivity index (χ4v) is 2.63. The first-order valence-corrected chi connectivity index (χ1v) is 7.37. The highest BCUT2D eigenvalue weighted by Gasteiger charge is 2.35. The molecule has 3 nitrogen and oxygen atoms in total. The van der Waals surface area contributed by atoms with Crippen LogP contribution in [0.3, 0.4) is 0 Å². The third-order valence-electron chi connectivity index (χ3n) is 3.77. The van der Waals surface area contributed by atoms with Crippen LogP contribution in [0.5, 0.6) is 0 Å². The summed E-state index contributed by atoms with van der Waals surface area (Å²) in [4.78, 5) is 16.2. The van der Waals surface area contributed by atoms with Crippen molar-refractivity contribution in [3.63, 3.8) is 0 Å². The normalized spacial score (nSPS) is 11.8. The van der Waals surface area contributed by atoms with Crippen molar-refractivity contribution >= 4 is 16.7 Å². The van der Waals surface area contributed by atoms with Crippen molar-refractivity contribution in [3.05, 3.63) is 66.1 Å². The maximum atomic E-state index is 13.4. The van der Waals surface area contributed by atoms with Gasteiger partial charge in [0.15, 0.2) is 0 Å². The molecule has 2 aromatic heterocycles. The number of fused-ring (bicyclic) bond motifs is 1. The Balaban J connectivity index is 1.96. The largest absolute Gasteiger partial charge is 0.346 e. The third-order valence-corrected chi connectivity index (χ3v) is 3.77. The summed E-state index contributed by atoms with van der Waals surface area (Å²) < 4.78 is 28.7. The molecule has 0 fully saturated rings. The lowest BCUT2D eigenvalue weighted by molar-refractivity contribution is 0.0223. The minimum Gasteiger partial charge on any atom is -0.346 e. The first-order chi connectivity index (χ1) is 11.0. The minimum atomic E-state index is -3.38. The highest BCUT2D eigenvalue weighted by atomic mass is 19.3. The Morgan fingerprint density at radius 1 is 1.17 bits per heavy atom. The van der Waals surface area contributed by atoms with Crippen LogP contribution in [0.4, 0.5) is 8.78 Å². The monoisotopic (exact) mass is 314 g/mol. The van der Waals surface area contributed by atoms with Crippen molar-refractivity contribution in [1.29, 1.82) is 0 Å². The molecule has 0 aliphatic heterocycles. The van der Waals surface area contributed by atoms with Crippen LogP contribution in [0.15, 0.2) is 54.9 Å². The van der Waals surface area contributed by atoms with Gasteiger partial charge in [0, 0.05) is 54.4 Å². The summed E-state index contributed by atoms with van der Waals surface area (Å²) in [5.41, 5.74) is 1.75. The lowest BCUT2D eigenvalue weighted by atomic mass is 10.1. The number of carbonyl (C=O) groups is 1. The van der Waals surface area contributed by atoms with Gasteiger partial charge in [0.1, 0.15) is 0 Å². The van der Waals surface area contributed by atoms with Crippen LogP contribution in [0, 0.1) is 0 Å². The molecule has 0 aliphatic carbocycles. The smallest absolute Gasteiger partial charge is 0.307 e. The van der Waals surface area contributed by atoms with Gasteiger partial charge in [-0.1, -0.05) is 24.3 Å². The summed E-state index contributed by atoms with van der Waals surface area (Å²) in [5.74, 6) is -4.53. The second-order valence-corrected chi connectivity index (χ2v) is 5.54. The van der Waals surface area contributed by atoms with Crippen molar-refractivity contribution in [2.75, 3.05) is 0 Å². The third kappa shape index (κ3) is 3.13. The van der Waals surface area contributed by atoms with Crippen LogP contribution in [0.25, 0.3) is 10.9 Å². The predicted octanol–water partition coefficient (Wildman–Crippen LogP) is 4.12. The molecular formula is C18H16F2N2O. The molecule has 0 saturated carbocycles. The molecule has 0 radical (unpaired) electrons. The van der Waals surface area contributed by atoms with Gasteiger partial charge in [-0.2, -0.15) is 8.78 Å². The van der Waals surface area contributed by atoms with E-state index in [4.69, 9.17) is 0 Å². The molecule has 3 rings (SSSR count). The molecule has 5 heteroatoms. The average molecular weight is 314 g/mol. The number of alkyl halides is 2. The number of hydrogen-bond donors (Lipinski definition) is 0. The number of ketones is 1. The molecule has 0 N–H and O–H groups in total. The van der Waals surface area contributed by atoms with Crippen molar-refractivity contribution in [2.24, 2.45) is 0 Å². The molecule has 23 heavy (non-hydrogen) atoms. The Morgan fingerprint density at radius 2 is 1.91 bits per heavy atom. The van der Waals surface area contributed by atoms with Gasteiger partial charge in [0.2, 0.25) is 5.78 Å². The minimum absolute atomic E-state index is 0.0640. The van der Waals surface area contributed by atoms with Crippen LogP contribution in [-0.2, 0) is 13.0 Å². The Morgan fingerprint density at radius 3 is 2.61 bits per heavy atom. The summed E-state index contributed by atoms with van der Waals surface area (Å²) in [5, 5.41) is 0.556. The number of Topliss-reactive ketones (excluding diaryl/α,β-unsaturated/α-hetero) is 1. The number of para-hydroxylation sites is 1. The van der Waals surface area contributed by atoms with Crippen LogP contribution < -0.4 is 0 Å². The van der Waals surface area contributed by atoms with Gasteiger partial charge < -0.3 is 4.57 Å². The van der Waals surface area contributed by atoms with E-state index in [0.29, 0.717) is 25.3 Å². The summed E-state index contributed by atoms with van der Waals surface area (Å²) in [6.07, 6.45) is 3.90. The topological polar surface area (TPSA) is 34.9 Å². The second kappa shape index (κ2) is 5.91. The van der Waals surface area contributed by atoms with E-state index < -0.39 is 11.7 Å². The fraction of sp³-hybridized carbons (Fsp3) is 0.222. The molecule has 0 saturated heterocycles. The number of benzene rings is 1. The number of aromatic nitrogens is 2. The van der Waals surface area contributed by atoms with E-state index in [1.54, 1.807) is 18.3 Å². The molecule has 0 atom stereocenters. The quantitative estimate of drug-likeness (QED) is 0.664. The number of nitrogens with zero attached hydrogens (tertiary/aromatic N) is 2. The Labute approximate surface area is 132 Å². The van der Waals surface area contributed by atoms with Crippen LogP contribution in [0.2, 0.25) is 0 Å². The van der Waals surface area contributed by atoms with Crippen LogP contribution >= 0.6 is 0 Å². The Kier molecular flexibility index (Phi) is 3.94. The van der Waals surface area contributed by atoms with E-state index in [9.17, 15) is 13.6 Å². The molecule has 2 heterocycles. The number of rotatable bonds is 5. The summed E-state index contributed by atoms with van der Waals surface area (Å²) >= 11 is 0. The molecule has 0 spiro atoms. The van der Waals surface area contributed by atoms with Crippen molar-refractivity contribution < 1.29 is 13.6 Å². The summed E-state index contributed by atoms with van der Waals surface area (Å²) in [7, 11) is 0. The standard InChI is InChI=1S/C18H16F2N2O/c1-18(19,20)17(23)15-12-22(16-8-3-2-7-14(15)16)11-9-13-6-4-5-10-21-13/h2-8,10,12H,9,11H2,1H3. The van der Waals surface area contributed by atoms with Gasteiger partial charge in [-0.25, -0.2) is 0 Å². The first-order valence-electron chi connectivity index (χ1n) is 7.37. The zero-order valence-corrected chi connectivity index (χ0v) is 12.7. The highest BCUT2D eigenvalue weighted by molar-refractivity contribution is 6.11. The van der Waals surface area contributed by atoms with E-state index >= 15 is 0 Å². The number of halogens is 2. The van der Waals surface area contributed by atoms with E-state index in [-0.39, 0.29) is 5.56 Å². The first kappa shape index (κ1) is 15.3. The number of hydrogen-bond acceptors (Lipinski definition) is 2. The van der Waals surface area contributed by atoms with E-state index in [0.717, 1.165) is 11.2 Å². The highest BCUT2D eigenvalue weighted by Crippen LogP contribution is 2.27. The maximum Gasteiger partial charge on any atom is 0.307 e. The lowest BCUT2D eigenvalue weighted by Gasteiger charge is -2.07. The summed E-state index contributed by atoms with van der Waals surface area (Å²) in [6, 6.07) is 12.8. The van der Waals surface area contributed by atoms with Crippen LogP contribution in [0.1, 0.15) is 23.0 Å². The zero-order chi connectivity index (χ0) is 16.4. The molecule has 0 unspecified atom stereocenters. The van der Waals surface area contributed by atoms with E-state index in [1.807, 2.05) is 34.9 Å². The van der Waals surface area contributed by atoms with Gasteiger partial charge in [-0.05, 0) is 18.2 Å². The molecule has 0 amide bonds. The van der Waals surface area contributed by atoms with Gasteiger partial charge >= 0.3 is 5.92 Å². The molecule has 1 aromatic carbocycles. The Hall–Kier alpha value is -2.56. The molecule has 3 aromatic rings. The van der Waals surface area contributed by atoms with Gasteiger partial charge in [-0.3, -0.25) is 9.78 Å². The van der Waals surface area contributed by atoms with Crippen molar-refractivity contribution in [1.82, 2.24) is 9.55 Å².